The minimum atomic E-state index is -0.594. The Morgan fingerprint density at radius 3 is 1.94 bits per heavy atom. The molecule has 1 heteroatoms. The number of aromatic nitrogens is 1. The molecule has 0 bridgehead atoms. The highest BCUT2D eigenvalue weighted by atomic mass is 14.7. The van der Waals surface area contributed by atoms with Gasteiger partial charge in [0.15, 0.2) is 0 Å². The van der Waals surface area contributed by atoms with Crippen LogP contribution in [0.4, 0.5) is 0 Å². The Balaban J connectivity index is 3.50. The third kappa shape index (κ3) is 3.31. The van der Waals surface area contributed by atoms with E-state index in [0.717, 1.165) is 11.3 Å². The number of hydrogen-bond donors (Lipinski definition) is 0. The minimum Gasteiger partial charge on any atom is -0.260 e. The zero-order chi connectivity index (χ0) is 14.4. The lowest BCUT2D eigenvalue weighted by molar-refractivity contribution is 0.512. The molecule has 0 aromatic carbocycles. The monoisotopic (exact) mass is 235 g/mol. The van der Waals surface area contributed by atoms with E-state index in [1.807, 2.05) is 20.0 Å². The lowest BCUT2D eigenvalue weighted by Crippen LogP contribution is -2.24. The summed E-state index contributed by atoms with van der Waals surface area (Å²) in [6.07, 6.45) is 1.86. The van der Waals surface area contributed by atoms with Crippen molar-refractivity contribution in [2.75, 3.05) is 0 Å². The first-order valence-corrected chi connectivity index (χ1v) is 6.35. The van der Waals surface area contributed by atoms with Crippen LogP contribution < -0.4 is 0 Å². The van der Waals surface area contributed by atoms with Gasteiger partial charge in [0.25, 0.3) is 0 Å². The summed E-state index contributed by atoms with van der Waals surface area (Å²) in [6.45, 7) is 17.0. The fourth-order valence-electron chi connectivity index (χ4n) is 1.91. The summed E-state index contributed by atoms with van der Waals surface area (Å²) in [5.41, 5.74) is 3.47. The van der Waals surface area contributed by atoms with E-state index < -0.39 is 5.89 Å². The molecule has 1 nitrogen and oxygen atoms in total. The summed E-state index contributed by atoms with van der Waals surface area (Å²) in [6, 6.07) is 2.17. The largest absolute Gasteiger partial charge is 0.260 e. The molecule has 0 atom stereocenters. The van der Waals surface area contributed by atoms with Crippen LogP contribution in [0.5, 0.6) is 0 Å². The first-order chi connectivity index (χ1) is 7.83. The van der Waals surface area contributed by atoms with Crippen molar-refractivity contribution in [3.8, 4) is 0 Å². The molecule has 0 saturated heterocycles. The molecular weight excluding hydrogens is 206 g/mol. The van der Waals surface area contributed by atoms with Crippen LogP contribution in [0.1, 0.15) is 79.5 Å². The van der Waals surface area contributed by atoms with E-state index in [9.17, 15) is 0 Å². The summed E-state index contributed by atoms with van der Waals surface area (Å²) in [5, 5.41) is 0. The molecule has 0 fully saturated rings. The van der Waals surface area contributed by atoms with Crippen LogP contribution in [-0.2, 0) is 10.8 Å². The van der Waals surface area contributed by atoms with Gasteiger partial charge in [0.2, 0.25) is 0 Å². The van der Waals surface area contributed by atoms with Crippen molar-refractivity contribution in [1.82, 2.24) is 4.98 Å². The van der Waals surface area contributed by atoms with Crippen LogP contribution in [0.2, 0.25) is 0 Å². The molecule has 0 aliphatic rings. The van der Waals surface area contributed by atoms with Crippen LogP contribution in [0.25, 0.3) is 0 Å². The maximum atomic E-state index is 8.16. The highest BCUT2D eigenvalue weighted by Crippen LogP contribution is 2.33. The lowest BCUT2D eigenvalue weighted by atomic mass is 9.77. The van der Waals surface area contributed by atoms with Crippen molar-refractivity contribution in [2.45, 2.75) is 72.1 Å². The van der Waals surface area contributed by atoms with Gasteiger partial charge < -0.3 is 0 Å². The zero-order valence-electron chi connectivity index (χ0n) is 13.6. The number of pyridine rings is 1. The van der Waals surface area contributed by atoms with Gasteiger partial charge >= 0.3 is 0 Å². The smallest absolute Gasteiger partial charge is 0.0494 e. The highest BCUT2D eigenvalue weighted by Gasteiger charge is 2.26. The fourth-order valence-corrected chi connectivity index (χ4v) is 1.91. The number of nitrogens with zero attached hydrogens (tertiary/aromatic N) is 1. The van der Waals surface area contributed by atoms with Gasteiger partial charge in [-0.25, -0.2) is 0 Å². The first-order valence-electron chi connectivity index (χ1n) is 6.85. The number of rotatable bonds is 1. The van der Waals surface area contributed by atoms with Crippen molar-refractivity contribution in [2.24, 2.45) is 0 Å². The molecule has 0 aliphatic heterocycles. The summed E-state index contributed by atoms with van der Waals surface area (Å²) in [4.78, 5) is 4.66. The Morgan fingerprint density at radius 2 is 1.59 bits per heavy atom. The second kappa shape index (κ2) is 4.44. The van der Waals surface area contributed by atoms with Crippen molar-refractivity contribution in [3.63, 3.8) is 0 Å². The molecule has 1 aromatic rings. The van der Waals surface area contributed by atoms with Crippen LogP contribution >= 0.6 is 0 Å². The summed E-state index contributed by atoms with van der Waals surface area (Å²) in [5.74, 6) is -0.594. The quantitative estimate of drug-likeness (QED) is 0.681. The molecule has 0 N–H and O–H groups in total. The van der Waals surface area contributed by atoms with Gasteiger partial charge in [0.1, 0.15) is 0 Å². The van der Waals surface area contributed by atoms with Gasteiger partial charge in [-0.3, -0.25) is 4.98 Å². The van der Waals surface area contributed by atoms with E-state index in [4.69, 9.17) is 1.37 Å². The molecule has 0 saturated carbocycles. The van der Waals surface area contributed by atoms with E-state index in [0.29, 0.717) is 0 Å². The Bertz CT molecular complexity index is 428. The normalized spacial score (nSPS) is 14.7. The lowest BCUT2D eigenvalue weighted by Gasteiger charge is -2.29. The maximum absolute atomic E-state index is 8.16. The summed E-state index contributed by atoms with van der Waals surface area (Å²) < 4.78 is 8.16. The van der Waals surface area contributed by atoms with Gasteiger partial charge in [-0.05, 0) is 22.4 Å². The molecule has 1 rings (SSSR count). The van der Waals surface area contributed by atoms with Crippen LogP contribution in [0, 0.1) is 0 Å². The molecule has 0 amide bonds. The Labute approximate surface area is 108 Å². The van der Waals surface area contributed by atoms with Gasteiger partial charge in [-0.15, -0.1) is 0 Å². The third-order valence-corrected chi connectivity index (χ3v) is 2.98. The van der Waals surface area contributed by atoms with E-state index in [1.54, 1.807) is 0 Å². The average molecular weight is 235 g/mol. The van der Waals surface area contributed by atoms with Gasteiger partial charge in [-0.1, -0.05) is 61.5 Å². The SMILES string of the molecule is [3H]C(C)(C)c1cnc(C(C)(C)C)c(C(C)(C)C)c1. The van der Waals surface area contributed by atoms with E-state index >= 15 is 0 Å². The Morgan fingerprint density at radius 1 is 1.06 bits per heavy atom. The fraction of sp³-hybridized carbons (Fsp3) is 0.688. The molecule has 0 aliphatic carbocycles. The second-order valence-corrected chi connectivity index (χ2v) is 7.12. The Hall–Kier alpha value is -0.850. The molecule has 0 radical (unpaired) electrons. The molecule has 96 valence electrons. The summed E-state index contributed by atoms with van der Waals surface area (Å²) in [7, 11) is 0. The minimum absolute atomic E-state index is 0.0350. The average Bonchev–Trinajstić information content (AvgIpc) is 2.12. The predicted octanol–water partition coefficient (Wildman–Crippen LogP) is 4.80. The standard InChI is InChI=1S/C16H27N/c1-11(2)12-9-13(15(3,4)5)14(17-10-12)16(6,7)8/h9-11H,1-8H3/i11T. The van der Waals surface area contributed by atoms with Crippen LogP contribution in [0.15, 0.2) is 12.3 Å². The van der Waals surface area contributed by atoms with Crippen LogP contribution in [-0.4, -0.2) is 4.98 Å². The zero-order valence-corrected chi connectivity index (χ0v) is 12.6. The third-order valence-electron chi connectivity index (χ3n) is 2.98. The van der Waals surface area contributed by atoms with Crippen molar-refractivity contribution in [1.29, 1.82) is 0 Å². The van der Waals surface area contributed by atoms with E-state index in [1.165, 1.54) is 5.56 Å². The molecule has 17 heavy (non-hydrogen) atoms. The van der Waals surface area contributed by atoms with E-state index in [-0.39, 0.29) is 10.8 Å². The molecular formula is C16H27N. The van der Waals surface area contributed by atoms with Gasteiger partial charge in [-0.2, -0.15) is 0 Å². The summed E-state index contributed by atoms with van der Waals surface area (Å²) >= 11 is 0. The first kappa shape index (κ1) is 12.6. The van der Waals surface area contributed by atoms with Gasteiger partial charge in [0.05, 0.1) is 0 Å². The van der Waals surface area contributed by atoms with Gasteiger partial charge in [0, 0.05) is 18.7 Å². The van der Waals surface area contributed by atoms with E-state index in [2.05, 4.69) is 52.6 Å². The molecule has 0 spiro atoms. The van der Waals surface area contributed by atoms with Crippen molar-refractivity contribution >= 4 is 0 Å². The highest BCUT2D eigenvalue weighted by molar-refractivity contribution is 5.36. The van der Waals surface area contributed by atoms with Crippen molar-refractivity contribution < 1.29 is 1.37 Å². The second-order valence-electron chi connectivity index (χ2n) is 7.12. The molecule has 1 aromatic heterocycles. The maximum Gasteiger partial charge on any atom is 0.0494 e. The molecule has 0 unspecified atom stereocenters. The van der Waals surface area contributed by atoms with Crippen LogP contribution in [0.3, 0.4) is 0 Å². The Kier molecular flexibility index (Phi) is 3.29. The molecule has 1 heterocycles. The predicted molar refractivity (Wildman–Crippen MR) is 75.7 cm³/mol. The van der Waals surface area contributed by atoms with Crippen molar-refractivity contribution in [3.05, 3.63) is 29.1 Å². The topological polar surface area (TPSA) is 12.9 Å². The number of hydrogen-bond acceptors (Lipinski definition) is 1.